The van der Waals surface area contributed by atoms with Crippen molar-refractivity contribution in [3.63, 3.8) is 0 Å². The lowest BCUT2D eigenvalue weighted by Gasteiger charge is -2.31. The summed E-state index contributed by atoms with van der Waals surface area (Å²) in [6.45, 7) is 5.21. The first-order valence-corrected chi connectivity index (χ1v) is 7.12. The molecule has 0 aromatic carbocycles. The van der Waals surface area contributed by atoms with Crippen LogP contribution in [0.1, 0.15) is 31.2 Å². The van der Waals surface area contributed by atoms with Crippen LogP contribution >= 0.6 is 11.6 Å². The largest absolute Gasteiger partial charge is 0.317 e. The Kier molecular flexibility index (Phi) is 4.65. The zero-order chi connectivity index (χ0) is 13.1. The highest BCUT2D eigenvalue weighted by atomic mass is 35.5. The van der Waals surface area contributed by atoms with Crippen LogP contribution in [0.3, 0.4) is 0 Å². The van der Waals surface area contributed by atoms with Gasteiger partial charge in [-0.05, 0) is 39.4 Å². The molecule has 4 nitrogen and oxygen atoms in total. The zero-order valence-corrected chi connectivity index (χ0v) is 12.3. The fourth-order valence-corrected chi connectivity index (χ4v) is 2.96. The molecule has 18 heavy (non-hydrogen) atoms. The van der Waals surface area contributed by atoms with E-state index < -0.39 is 0 Å². The highest BCUT2D eigenvalue weighted by Gasteiger charge is 2.21. The Morgan fingerprint density at radius 2 is 2.11 bits per heavy atom. The van der Waals surface area contributed by atoms with Crippen LogP contribution in [-0.4, -0.2) is 40.9 Å². The minimum absolute atomic E-state index is 0.655. The van der Waals surface area contributed by atoms with E-state index in [2.05, 4.69) is 29.3 Å². The molecule has 1 aliphatic rings. The summed E-state index contributed by atoms with van der Waals surface area (Å²) in [4.78, 5) is 2.41. The second-order valence-corrected chi connectivity index (χ2v) is 5.46. The number of hydrogen-bond donors (Lipinski definition) is 1. The molecule has 0 radical (unpaired) electrons. The molecule has 0 spiro atoms. The quantitative estimate of drug-likeness (QED) is 0.906. The number of nitrogens with zero attached hydrogens (tertiary/aromatic N) is 3. The summed E-state index contributed by atoms with van der Waals surface area (Å²) >= 11 is 6.39. The van der Waals surface area contributed by atoms with Crippen LogP contribution in [0.4, 0.5) is 0 Å². The molecule has 0 saturated carbocycles. The summed E-state index contributed by atoms with van der Waals surface area (Å²) in [7, 11) is 4.17. The maximum absolute atomic E-state index is 6.39. The van der Waals surface area contributed by atoms with E-state index in [0.717, 1.165) is 42.5 Å². The van der Waals surface area contributed by atoms with Crippen LogP contribution in [0, 0.1) is 0 Å². The van der Waals surface area contributed by atoms with Crippen molar-refractivity contribution in [3.05, 3.63) is 16.4 Å². The van der Waals surface area contributed by atoms with Crippen molar-refractivity contribution in [2.45, 2.75) is 38.8 Å². The van der Waals surface area contributed by atoms with Crippen molar-refractivity contribution in [3.8, 4) is 0 Å². The minimum Gasteiger partial charge on any atom is -0.317 e. The van der Waals surface area contributed by atoms with E-state index in [-0.39, 0.29) is 0 Å². The first-order valence-electron chi connectivity index (χ1n) is 6.74. The lowest BCUT2D eigenvalue weighted by atomic mass is 10.1. The van der Waals surface area contributed by atoms with E-state index in [9.17, 15) is 0 Å². The number of halogens is 1. The van der Waals surface area contributed by atoms with Crippen LogP contribution in [0.25, 0.3) is 0 Å². The first kappa shape index (κ1) is 13.8. The van der Waals surface area contributed by atoms with Crippen LogP contribution < -0.4 is 5.32 Å². The van der Waals surface area contributed by atoms with Gasteiger partial charge in [-0.15, -0.1) is 0 Å². The molecule has 1 saturated heterocycles. The predicted molar refractivity (Wildman–Crippen MR) is 75.0 cm³/mol. The number of rotatable bonds is 4. The van der Waals surface area contributed by atoms with Gasteiger partial charge in [-0.1, -0.05) is 18.5 Å². The van der Waals surface area contributed by atoms with Gasteiger partial charge in [-0.25, -0.2) is 0 Å². The van der Waals surface area contributed by atoms with Crippen LogP contribution in [0.15, 0.2) is 0 Å². The Bertz CT molecular complexity index is 396. The summed E-state index contributed by atoms with van der Waals surface area (Å²) in [6.07, 6.45) is 3.32. The molecule has 2 rings (SSSR count). The topological polar surface area (TPSA) is 33.1 Å². The number of hydrogen-bond acceptors (Lipinski definition) is 3. The maximum Gasteiger partial charge on any atom is 0.0863 e. The smallest absolute Gasteiger partial charge is 0.0863 e. The second-order valence-electron chi connectivity index (χ2n) is 5.08. The number of aromatic nitrogens is 2. The number of nitrogens with one attached hydrogen (secondary N) is 1. The van der Waals surface area contributed by atoms with Crippen LogP contribution in [0.5, 0.6) is 0 Å². The van der Waals surface area contributed by atoms with E-state index in [1.54, 1.807) is 0 Å². The van der Waals surface area contributed by atoms with Crippen molar-refractivity contribution in [2.75, 3.05) is 20.1 Å². The molecule has 2 heterocycles. The summed E-state index contributed by atoms with van der Waals surface area (Å²) < 4.78 is 1.93. The second kappa shape index (κ2) is 6.04. The molecular weight excluding hydrogens is 248 g/mol. The zero-order valence-electron chi connectivity index (χ0n) is 11.5. The average molecular weight is 271 g/mol. The molecule has 102 valence electrons. The summed E-state index contributed by atoms with van der Waals surface area (Å²) in [6, 6.07) is 0.655. The molecule has 1 N–H and O–H groups in total. The van der Waals surface area contributed by atoms with E-state index in [4.69, 9.17) is 11.6 Å². The molecule has 0 atom stereocenters. The van der Waals surface area contributed by atoms with Crippen molar-refractivity contribution in [1.82, 2.24) is 20.0 Å². The third-order valence-corrected chi connectivity index (χ3v) is 4.27. The Hall–Kier alpha value is -0.580. The molecule has 5 heteroatoms. The highest BCUT2D eigenvalue weighted by Crippen LogP contribution is 2.23. The first-order chi connectivity index (χ1) is 8.63. The monoisotopic (exact) mass is 270 g/mol. The maximum atomic E-state index is 6.39. The molecule has 1 aliphatic heterocycles. The van der Waals surface area contributed by atoms with Gasteiger partial charge in [0.15, 0.2) is 0 Å². The van der Waals surface area contributed by atoms with Gasteiger partial charge in [0.2, 0.25) is 0 Å². The molecule has 1 aromatic heterocycles. The van der Waals surface area contributed by atoms with Gasteiger partial charge in [0.1, 0.15) is 0 Å². The lowest BCUT2D eigenvalue weighted by molar-refractivity contribution is 0.188. The number of aryl methyl sites for hydroxylation is 2. The highest BCUT2D eigenvalue weighted by molar-refractivity contribution is 6.31. The summed E-state index contributed by atoms with van der Waals surface area (Å²) in [5.74, 6) is 0. The van der Waals surface area contributed by atoms with Gasteiger partial charge in [0.25, 0.3) is 0 Å². The van der Waals surface area contributed by atoms with Crippen LogP contribution in [0.2, 0.25) is 5.02 Å². The van der Waals surface area contributed by atoms with Crippen molar-refractivity contribution in [2.24, 2.45) is 7.05 Å². The van der Waals surface area contributed by atoms with E-state index >= 15 is 0 Å². The van der Waals surface area contributed by atoms with Crippen molar-refractivity contribution < 1.29 is 0 Å². The SMILES string of the molecule is CCc1nn(C)c(CN(C)C2CCNCC2)c1Cl. The molecule has 0 bridgehead atoms. The van der Waals surface area contributed by atoms with Gasteiger partial charge in [-0.3, -0.25) is 9.58 Å². The Morgan fingerprint density at radius 3 is 2.67 bits per heavy atom. The molecule has 0 amide bonds. The van der Waals surface area contributed by atoms with Gasteiger partial charge < -0.3 is 5.32 Å². The summed E-state index contributed by atoms with van der Waals surface area (Å²) in [5, 5.41) is 8.72. The Labute approximate surface area is 114 Å². The molecule has 0 aliphatic carbocycles. The van der Waals surface area contributed by atoms with E-state index in [0.29, 0.717) is 6.04 Å². The third-order valence-electron chi connectivity index (χ3n) is 3.83. The van der Waals surface area contributed by atoms with Crippen molar-refractivity contribution in [1.29, 1.82) is 0 Å². The molecular formula is C13H23ClN4. The standard InChI is InChI=1S/C13H23ClN4/c1-4-11-13(14)12(18(3)16-11)9-17(2)10-5-7-15-8-6-10/h10,15H,4-9H2,1-3H3. The Balaban J connectivity index is 2.06. The van der Waals surface area contributed by atoms with Gasteiger partial charge in [0, 0.05) is 19.6 Å². The fraction of sp³-hybridized carbons (Fsp3) is 0.769. The normalized spacial score (nSPS) is 17.6. The summed E-state index contributed by atoms with van der Waals surface area (Å²) in [5.41, 5.74) is 2.14. The van der Waals surface area contributed by atoms with Crippen molar-refractivity contribution >= 4 is 11.6 Å². The third kappa shape index (κ3) is 2.87. The van der Waals surface area contributed by atoms with Gasteiger partial charge in [-0.2, -0.15) is 5.10 Å². The Morgan fingerprint density at radius 1 is 1.44 bits per heavy atom. The van der Waals surface area contributed by atoms with Gasteiger partial charge in [0.05, 0.1) is 16.4 Å². The van der Waals surface area contributed by atoms with E-state index in [1.165, 1.54) is 12.8 Å². The lowest BCUT2D eigenvalue weighted by Crippen LogP contribution is -2.41. The predicted octanol–water partition coefficient (Wildman–Crippen LogP) is 1.82. The van der Waals surface area contributed by atoms with E-state index in [1.807, 2.05) is 11.7 Å². The molecule has 0 unspecified atom stereocenters. The molecule has 1 aromatic rings. The molecule has 1 fully saturated rings. The fourth-order valence-electron chi connectivity index (χ4n) is 2.60. The average Bonchev–Trinajstić information content (AvgIpc) is 2.67. The van der Waals surface area contributed by atoms with Crippen LogP contribution in [-0.2, 0) is 20.0 Å². The number of piperidine rings is 1. The van der Waals surface area contributed by atoms with Gasteiger partial charge >= 0.3 is 0 Å². The minimum atomic E-state index is 0.655.